The third kappa shape index (κ3) is 3.63. The summed E-state index contributed by atoms with van der Waals surface area (Å²) in [6.07, 6.45) is 1.57. The van der Waals surface area contributed by atoms with Crippen LogP contribution < -0.4 is 4.90 Å². The van der Waals surface area contributed by atoms with Gasteiger partial charge in [-0.15, -0.1) is 0 Å². The Balaban J connectivity index is 1.66. The van der Waals surface area contributed by atoms with Crippen molar-refractivity contribution in [3.05, 3.63) is 105 Å². The van der Waals surface area contributed by atoms with E-state index in [4.69, 9.17) is 16.0 Å². The van der Waals surface area contributed by atoms with Gasteiger partial charge in [0.1, 0.15) is 11.6 Å². The van der Waals surface area contributed by atoms with Gasteiger partial charge >= 0.3 is 0 Å². The van der Waals surface area contributed by atoms with Crippen LogP contribution in [0.1, 0.15) is 27.9 Å². The molecule has 33 heavy (non-hydrogen) atoms. The van der Waals surface area contributed by atoms with Crippen LogP contribution in [0.25, 0.3) is 11.0 Å². The molecular weight excluding hydrogens is 508 g/mol. The lowest BCUT2D eigenvalue weighted by Gasteiger charge is -2.26. The average molecular weight is 524 g/mol. The van der Waals surface area contributed by atoms with E-state index in [-0.39, 0.29) is 11.3 Å². The third-order valence-corrected chi connectivity index (χ3v) is 6.46. The number of fused-ring (bicyclic) bond motifs is 1. The maximum absolute atomic E-state index is 13.6. The Kier molecular flexibility index (Phi) is 5.31. The zero-order valence-electron chi connectivity index (χ0n) is 17.3. The van der Waals surface area contributed by atoms with Gasteiger partial charge in [0, 0.05) is 26.8 Å². The van der Waals surface area contributed by atoms with E-state index in [9.17, 15) is 14.7 Å². The normalized spacial score (nSPS) is 16.2. The molecule has 6 nitrogen and oxygen atoms in total. The first kappa shape index (κ1) is 21.4. The molecule has 5 rings (SSSR count). The quantitative estimate of drug-likeness (QED) is 0.316. The fourth-order valence-electron chi connectivity index (χ4n) is 3.91. The molecule has 164 valence electrons. The van der Waals surface area contributed by atoms with Crippen molar-refractivity contribution in [2.45, 2.75) is 13.0 Å². The number of aromatic nitrogens is 1. The van der Waals surface area contributed by atoms with E-state index >= 15 is 0 Å². The molecular formula is C25H16BrClN2O4. The van der Waals surface area contributed by atoms with Crippen LogP contribution >= 0.6 is 27.5 Å². The van der Waals surface area contributed by atoms with Crippen molar-refractivity contribution in [1.29, 1.82) is 0 Å². The number of halogens is 2. The molecule has 2 aromatic heterocycles. The minimum atomic E-state index is -0.954. The van der Waals surface area contributed by atoms with Gasteiger partial charge in [0.15, 0.2) is 11.5 Å². The molecule has 1 unspecified atom stereocenters. The van der Waals surface area contributed by atoms with Crippen molar-refractivity contribution < 1.29 is 19.1 Å². The molecule has 2 aromatic carbocycles. The molecule has 4 aromatic rings. The molecule has 0 aliphatic carbocycles. The van der Waals surface area contributed by atoms with E-state index < -0.39 is 23.5 Å². The first-order chi connectivity index (χ1) is 15.8. The van der Waals surface area contributed by atoms with Crippen molar-refractivity contribution >= 4 is 55.9 Å². The van der Waals surface area contributed by atoms with Gasteiger partial charge in [-0.05, 0) is 61.0 Å². The van der Waals surface area contributed by atoms with Gasteiger partial charge in [0.25, 0.3) is 5.91 Å². The topological polar surface area (TPSA) is 83.6 Å². The van der Waals surface area contributed by atoms with Gasteiger partial charge in [0.05, 0.1) is 11.3 Å². The summed E-state index contributed by atoms with van der Waals surface area (Å²) in [5, 5.41) is 12.0. The van der Waals surface area contributed by atoms with E-state index in [0.29, 0.717) is 27.4 Å². The number of Topliss-reactive ketones (excluding diaryl/α,β-unsaturated/α-hetero) is 1. The summed E-state index contributed by atoms with van der Waals surface area (Å²) in [7, 11) is 0. The molecule has 0 radical (unpaired) electrons. The molecule has 1 aliphatic rings. The number of ketones is 1. The number of rotatable bonds is 4. The Morgan fingerprint density at radius 3 is 2.70 bits per heavy atom. The molecule has 1 atom stereocenters. The minimum absolute atomic E-state index is 0.0159. The monoisotopic (exact) mass is 522 g/mol. The average Bonchev–Trinajstić information content (AvgIpc) is 3.34. The van der Waals surface area contributed by atoms with Gasteiger partial charge < -0.3 is 9.52 Å². The number of carbonyl (C=O) groups excluding carboxylic acids is 2. The van der Waals surface area contributed by atoms with E-state index in [2.05, 4.69) is 20.9 Å². The maximum Gasteiger partial charge on any atom is 0.294 e. The van der Waals surface area contributed by atoms with Crippen LogP contribution in [0.4, 0.5) is 5.69 Å². The number of nitrogens with zero attached hydrogens (tertiary/aromatic N) is 2. The number of hydrogen-bond donors (Lipinski definition) is 1. The van der Waals surface area contributed by atoms with Crippen molar-refractivity contribution in [2.24, 2.45) is 0 Å². The second kappa shape index (κ2) is 8.17. The number of furan rings is 1. The molecule has 8 heteroatoms. The molecule has 1 N–H and O–H groups in total. The number of pyridine rings is 1. The van der Waals surface area contributed by atoms with Crippen LogP contribution in [-0.4, -0.2) is 21.8 Å². The first-order valence-electron chi connectivity index (χ1n) is 10.0. The Labute approximate surface area is 202 Å². The number of hydrogen-bond acceptors (Lipinski definition) is 5. The SMILES string of the molecule is Cc1ccc(N2C(=O)C(O)=C(C(=O)c3cc4cc(Br)ccc4o3)C2c2ccccn2)cc1Cl. The number of aryl methyl sites for hydroxylation is 1. The fourth-order valence-corrected chi connectivity index (χ4v) is 4.47. The number of aliphatic hydroxyl groups is 1. The highest BCUT2D eigenvalue weighted by molar-refractivity contribution is 9.10. The summed E-state index contributed by atoms with van der Waals surface area (Å²) in [5.74, 6) is -1.94. The lowest BCUT2D eigenvalue weighted by Crippen LogP contribution is -2.31. The smallest absolute Gasteiger partial charge is 0.294 e. The van der Waals surface area contributed by atoms with Gasteiger partial charge in [-0.2, -0.15) is 0 Å². The lowest BCUT2D eigenvalue weighted by atomic mass is 9.98. The van der Waals surface area contributed by atoms with Gasteiger partial charge in [-0.1, -0.05) is 39.7 Å². The highest BCUT2D eigenvalue weighted by atomic mass is 79.9. The fraction of sp³-hybridized carbons (Fsp3) is 0.0800. The summed E-state index contributed by atoms with van der Waals surface area (Å²) in [6.45, 7) is 1.85. The number of carbonyl (C=O) groups is 2. The van der Waals surface area contributed by atoms with E-state index in [0.717, 1.165) is 10.0 Å². The molecule has 0 fully saturated rings. The maximum atomic E-state index is 13.6. The highest BCUT2D eigenvalue weighted by Gasteiger charge is 2.46. The van der Waals surface area contributed by atoms with Gasteiger partial charge in [-0.25, -0.2) is 0 Å². The Morgan fingerprint density at radius 1 is 1.15 bits per heavy atom. The van der Waals surface area contributed by atoms with Crippen LogP contribution in [0.5, 0.6) is 0 Å². The Morgan fingerprint density at radius 2 is 1.97 bits per heavy atom. The standard InChI is InChI=1S/C25H16BrClN2O4/c1-13-5-7-16(12-17(13)27)29-22(18-4-2-3-9-28-18)21(24(31)25(29)32)23(30)20-11-14-10-15(26)6-8-19(14)33-20/h2-12,22,31H,1H3. The number of aliphatic hydroxyl groups excluding tert-OH is 1. The first-order valence-corrected chi connectivity index (χ1v) is 11.2. The predicted molar refractivity (Wildman–Crippen MR) is 129 cm³/mol. The summed E-state index contributed by atoms with van der Waals surface area (Å²) >= 11 is 9.71. The Bertz CT molecular complexity index is 1460. The van der Waals surface area contributed by atoms with Crippen LogP contribution in [0.3, 0.4) is 0 Å². The van der Waals surface area contributed by atoms with Crippen LogP contribution in [0.2, 0.25) is 5.02 Å². The van der Waals surface area contributed by atoms with Crippen LogP contribution in [-0.2, 0) is 4.79 Å². The third-order valence-electron chi connectivity index (χ3n) is 5.56. The second-order valence-electron chi connectivity index (χ2n) is 7.65. The largest absolute Gasteiger partial charge is 0.503 e. The summed E-state index contributed by atoms with van der Waals surface area (Å²) in [4.78, 5) is 32.5. The van der Waals surface area contributed by atoms with Crippen molar-refractivity contribution in [1.82, 2.24) is 4.98 Å². The summed E-state index contributed by atoms with van der Waals surface area (Å²) in [6, 6.07) is 16.3. The molecule has 0 saturated heterocycles. The van der Waals surface area contributed by atoms with Crippen LogP contribution in [0, 0.1) is 6.92 Å². The van der Waals surface area contributed by atoms with E-state index in [1.165, 1.54) is 4.90 Å². The van der Waals surface area contributed by atoms with Crippen molar-refractivity contribution in [2.75, 3.05) is 4.90 Å². The van der Waals surface area contributed by atoms with Gasteiger partial charge in [0.2, 0.25) is 5.78 Å². The Hall–Kier alpha value is -3.42. The van der Waals surface area contributed by atoms with Crippen LogP contribution in [0.15, 0.2) is 87.1 Å². The van der Waals surface area contributed by atoms with E-state index in [1.807, 2.05) is 13.0 Å². The zero-order chi connectivity index (χ0) is 23.3. The molecule has 0 bridgehead atoms. The summed E-state index contributed by atoms with van der Waals surface area (Å²) < 4.78 is 6.59. The number of anilines is 1. The highest BCUT2D eigenvalue weighted by Crippen LogP contribution is 2.42. The predicted octanol–water partition coefficient (Wildman–Crippen LogP) is 6.34. The molecule has 0 saturated carbocycles. The molecule has 3 heterocycles. The number of amides is 1. The lowest BCUT2D eigenvalue weighted by molar-refractivity contribution is -0.117. The van der Waals surface area contributed by atoms with Crippen molar-refractivity contribution in [3.63, 3.8) is 0 Å². The molecule has 0 spiro atoms. The van der Waals surface area contributed by atoms with Crippen molar-refractivity contribution in [3.8, 4) is 0 Å². The number of benzene rings is 2. The molecule has 1 amide bonds. The van der Waals surface area contributed by atoms with Gasteiger partial charge in [-0.3, -0.25) is 19.5 Å². The summed E-state index contributed by atoms with van der Waals surface area (Å²) in [5.41, 5.74) is 2.11. The second-order valence-corrected chi connectivity index (χ2v) is 8.97. The molecule has 1 aliphatic heterocycles. The zero-order valence-corrected chi connectivity index (χ0v) is 19.6. The minimum Gasteiger partial charge on any atom is -0.503 e. The van der Waals surface area contributed by atoms with E-state index in [1.54, 1.807) is 60.8 Å².